The van der Waals surface area contributed by atoms with Gasteiger partial charge in [0.1, 0.15) is 15.4 Å². The molecule has 54 heavy (non-hydrogen) atoms. The summed E-state index contributed by atoms with van der Waals surface area (Å²) in [5.41, 5.74) is 4.93. The van der Waals surface area contributed by atoms with Gasteiger partial charge in [0, 0.05) is 86.8 Å². The molecule has 2 saturated heterocycles. The maximum atomic E-state index is 14.2. The third-order valence-electron chi connectivity index (χ3n) is 9.21. The van der Waals surface area contributed by atoms with Crippen LogP contribution in [0.5, 0.6) is 0 Å². The minimum atomic E-state index is -5.12. The zero-order valence-corrected chi connectivity index (χ0v) is 30.6. The van der Waals surface area contributed by atoms with Crippen LogP contribution < -0.4 is 10.2 Å². The van der Waals surface area contributed by atoms with Crippen LogP contribution in [0.1, 0.15) is 40.7 Å². The van der Waals surface area contributed by atoms with Gasteiger partial charge in [0.15, 0.2) is 0 Å². The molecule has 0 spiro atoms. The first-order chi connectivity index (χ1) is 25.9. The number of benzene rings is 2. The third kappa shape index (κ3) is 9.29. The van der Waals surface area contributed by atoms with E-state index in [4.69, 9.17) is 4.84 Å². The summed E-state index contributed by atoms with van der Waals surface area (Å²) in [5, 5.41) is 1.12. The van der Waals surface area contributed by atoms with E-state index in [0.717, 1.165) is 49.4 Å². The normalized spacial score (nSPS) is 16.7. The molecule has 0 bridgehead atoms. The van der Waals surface area contributed by atoms with Crippen molar-refractivity contribution >= 4 is 51.1 Å². The first-order valence-corrected chi connectivity index (χ1v) is 18.8. The number of hydroxylamine groups is 2. The molecule has 1 N–H and O–H groups in total. The largest absolute Gasteiger partial charge is 0.747 e. The van der Waals surface area contributed by atoms with E-state index >= 15 is 0 Å². The topological polar surface area (TPSA) is 198 Å². The number of nitrogens with zero attached hydrogens (tertiary/aromatic N) is 7. The Bertz CT molecular complexity index is 2130. The smallest absolute Gasteiger partial charge is 0.333 e. The summed E-state index contributed by atoms with van der Waals surface area (Å²) < 4.78 is 34.1. The van der Waals surface area contributed by atoms with Gasteiger partial charge in [0.05, 0.1) is 12.1 Å². The average Bonchev–Trinajstić information content (AvgIpc) is 3.45. The Labute approximate surface area is 312 Å². The van der Waals surface area contributed by atoms with Gasteiger partial charge < -0.3 is 24.5 Å². The summed E-state index contributed by atoms with van der Waals surface area (Å²) in [5.74, 6) is -3.55. The quantitative estimate of drug-likeness (QED) is 0.154. The minimum absolute atomic E-state index is 0.0198. The molecule has 3 amide bonds. The van der Waals surface area contributed by atoms with Crippen molar-refractivity contribution in [3.63, 3.8) is 0 Å². The Morgan fingerprint density at radius 2 is 1.78 bits per heavy atom. The van der Waals surface area contributed by atoms with E-state index < -0.39 is 39.6 Å². The zero-order chi connectivity index (χ0) is 38.4. The number of rotatable bonds is 13. The van der Waals surface area contributed by atoms with Gasteiger partial charge in [-0.2, -0.15) is 0 Å². The van der Waals surface area contributed by atoms with E-state index in [2.05, 4.69) is 37.1 Å². The number of anilines is 3. The van der Waals surface area contributed by atoms with E-state index in [1.165, 1.54) is 4.90 Å². The fourth-order valence-electron chi connectivity index (χ4n) is 6.08. The number of amides is 3. The number of aromatic nitrogens is 3. The Kier molecular flexibility index (Phi) is 11.7. The Balaban J connectivity index is 1.20. The SMILES string of the molecule is Cc1ccc(N(CCCC(=O)ON2C(=O)CC(S(=O)(=O)[O-])C2=O)C(=O)c2ccc(CN3CCN(C)CC3)cc2)cc1Nc1nccc(-c2cccnc2)n1. The second-order valence-electron chi connectivity index (χ2n) is 13.1. The average molecular weight is 756 g/mol. The Hall–Kier alpha value is -5.62. The van der Waals surface area contributed by atoms with Crippen LogP contribution in [0.2, 0.25) is 0 Å². The van der Waals surface area contributed by atoms with Crippen LogP contribution in [0.3, 0.4) is 0 Å². The molecule has 16 nitrogen and oxygen atoms in total. The number of carbonyl (C=O) groups is 4. The van der Waals surface area contributed by atoms with Crippen molar-refractivity contribution in [2.45, 2.75) is 38.0 Å². The van der Waals surface area contributed by atoms with Gasteiger partial charge in [0.2, 0.25) is 5.95 Å². The molecule has 4 aromatic rings. The number of hydrogen-bond donors (Lipinski definition) is 1. The van der Waals surface area contributed by atoms with Gasteiger partial charge >= 0.3 is 5.97 Å². The Morgan fingerprint density at radius 3 is 2.46 bits per heavy atom. The zero-order valence-electron chi connectivity index (χ0n) is 29.8. The van der Waals surface area contributed by atoms with E-state index in [9.17, 15) is 32.1 Å². The lowest BCUT2D eigenvalue weighted by Crippen LogP contribution is -2.43. The summed E-state index contributed by atoms with van der Waals surface area (Å²) in [6.45, 7) is 6.55. The van der Waals surface area contributed by atoms with Gasteiger partial charge in [-0.05, 0) is 74.0 Å². The highest BCUT2D eigenvalue weighted by Gasteiger charge is 2.45. The molecule has 1 unspecified atom stereocenters. The molecular weight excluding hydrogens is 717 g/mol. The Morgan fingerprint density at radius 1 is 1.02 bits per heavy atom. The lowest BCUT2D eigenvalue weighted by Gasteiger charge is -2.32. The summed E-state index contributed by atoms with van der Waals surface area (Å²) in [4.78, 5) is 75.6. The molecule has 2 aromatic heterocycles. The number of nitrogens with one attached hydrogen (secondary N) is 1. The van der Waals surface area contributed by atoms with Crippen LogP contribution >= 0.6 is 0 Å². The fourth-order valence-corrected chi connectivity index (χ4v) is 6.77. The standard InChI is InChI=1S/C37H40N8O8S/c1-25-7-12-29(21-31(25)41-37-39-15-13-30(40-37)28-5-3-14-38-23-28)44(16-4-6-34(47)53-45-33(46)22-32(36(45)49)54(50,51)52)35(48)27-10-8-26(9-11-27)24-43-19-17-42(2)18-20-43/h3,5,7-15,21,23,32H,4,6,16-20,22,24H2,1-2H3,(H,39,40,41)(H,50,51,52)/p-1. The molecule has 2 aliphatic rings. The highest BCUT2D eigenvalue weighted by molar-refractivity contribution is 7.87. The van der Waals surface area contributed by atoms with Gasteiger partial charge in [-0.1, -0.05) is 18.2 Å². The van der Waals surface area contributed by atoms with Gasteiger partial charge in [-0.15, -0.1) is 5.06 Å². The number of pyridine rings is 1. The monoisotopic (exact) mass is 755 g/mol. The molecule has 0 saturated carbocycles. The molecule has 0 aliphatic carbocycles. The predicted octanol–water partition coefficient (Wildman–Crippen LogP) is 2.90. The minimum Gasteiger partial charge on any atom is -0.747 e. The number of carbonyl (C=O) groups excluding carboxylic acids is 4. The van der Waals surface area contributed by atoms with Crippen LogP contribution in [-0.4, -0.2) is 111 Å². The van der Waals surface area contributed by atoms with Crippen LogP contribution in [-0.2, 0) is 35.9 Å². The summed E-state index contributed by atoms with van der Waals surface area (Å²) in [6, 6.07) is 18.2. The van der Waals surface area contributed by atoms with E-state index in [-0.39, 0.29) is 30.4 Å². The van der Waals surface area contributed by atoms with Crippen LogP contribution in [0.15, 0.2) is 79.3 Å². The molecule has 2 aliphatic heterocycles. The second-order valence-corrected chi connectivity index (χ2v) is 14.7. The van der Waals surface area contributed by atoms with Crippen molar-refractivity contribution in [1.82, 2.24) is 29.8 Å². The molecular formula is C37H39N8O8S-. The van der Waals surface area contributed by atoms with Crippen LogP contribution in [0.25, 0.3) is 11.3 Å². The molecule has 1 atom stereocenters. The fraction of sp³-hybridized carbons (Fsp3) is 0.324. The molecule has 2 fully saturated rings. The lowest BCUT2D eigenvalue weighted by atomic mass is 10.1. The number of imide groups is 1. The first-order valence-electron chi connectivity index (χ1n) is 17.3. The second kappa shape index (κ2) is 16.6. The highest BCUT2D eigenvalue weighted by atomic mass is 32.2. The van der Waals surface area contributed by atoms with Crippen molar-refractivity contribution in [1.29, 1.82) is 0 Å². The number of aryl methyl sites for hydroxylation is 1. The first kappa shape index (κ1) is 38.1. The molecule has 282 valence electrons. The van der Waals surface area contributed by atoms with Crippen molar-refractivity contribution in [3.8, 4) is 11.3 Å². The van der Waals surface area contributed by atoms with E-state index in [1.54, 1.807) is 48.9 Å². The van der Waals surface area contributed by atoms with Crippen molar-refractivity contribution in [3.05, 3.63) is 95.9 Å². The molecule has 2 aromatic carbocycles. The lowest BCUT2D eigenvalue weighted by molar-refractivity contribution is -0.197. The van der Waals surface area contributed by atoms with E-state index in [0.29, 0.717) is 28.6 Å². The summed E-state index contributed by atoms with van der Waals surface area (Å²) in [6.07, 6.45) is 3.79. The number of likely N-dealkylation sites (N-methyl/N-ethyl adjacent to an activating group) is 1. The van der Waals surface area contributed by atoms with Crippen molar-refractivity contribution < 1.29 is 37.0 Å². The van der Waals surface area contributed by atoms with Crippen LogP contribution in [0, 0.1) is 6.92 Å². The van der Waals surface area contributed by atoms with Gasteiger partial charge in [-0.25, -0.2) is 23.2 Å². The number of piperazine rings is 1. The maximum absolute atomic E-state index is 14.2. The van der Waals surface area contributed by atoms with E-state index in [1.807, 2.05) is 37.3 Å². The van der Waals surface area contributed by atoms with Gasteiger partial charge in [0.25, 0.3) is 17.7 Å². The van der Waals surface area contributed by atoms with Crippen LogP contribution in [0.4, 0.5) is 17.3 Å². The van der Waals surface area contributed by atoms with Crippen molar-refractivity contribution in [2.24, 2.45) is 0 Å². The summed E-state index contributed by atoms with van der Waals surface area (Å²) >= 11 is 0. The highest BCUT2D eigenvalue weighted by Crippen LogP contribution is 2.28. The molecule has 17 heteroatoms. The molecule has 6 rings (SSSR count). The predicted molar refractivity (Wildman–Crippen MR) is 196 cm³/mol. The number of hydrogen-bond acceptors (Lipinski definition) is 14. The maximum Gasteiger partial charge on any atom is 0.333 e. The third-order valence-corrected chi connectivity index (χ3v) is 10.3. The molecule has 4 heterocycles. The van der Waals surface area contributed by atoms with Gasteiger partial charge in [-0.3, -0.25) is 24.3 Å². The van der Waals surface area contributed by atoms with Crippen molar-refractivity contribution in [2.75, 3.05) is 50.0 Å². The molecule has 0 radical (unpaired) electrons. The summed E-state index contributed by atoms with van der Waals surface area (Å²) in [7, 11) is -3.02.